The van der Waals surface area contributed by atoms with Crippen LogP contribution in [0.1, 0.15) is 30.0 Å². The van der Waals surface area contributed by atoms with Crippen molar-refractivity contribution in [1.82, 2.24) is 4.90 Å². The molecule has 1 fully saturated rings. The van der Waals surface area contributed by atoms with Gasteiger partial charge in [-0.25, -0.2) is 0 Å². The van der Waals surface area contributed by atoms with Gasteiger partial charge >= 0.3 is 5.97 Å². The van der Waals surface area contributed by atoms with Gasteiger partial charge in [0.15, 0.2) is 0 Å². The van der Waals surface area contributed by atoms with Crippen LogP contribution in [0, 0.1) is 0 Å². The number of nitrogens with zero attached hydrogens (tertiary/aromatic N) is 1. The molecule has 2 atom stereocenters. The second kappa shape index (κ2) is 7.24. The summed E-state index contributed by atoms with van der Waals surface area (Å²) in [5.41, 5.74) is 2.03. The minimum absolute atomic E-state index is 0.141. The van der Waals surface area contributed by atoms with E-state index in [-0.39, 0.29) is 6.04 Å². The van der Waals surface area contributed by atoms with Gasteiger partial charge in [0.25, 0.3) is 0 Å². The van der Waals surface area contributed by atoms with Crippen molar-refractivity contribution in [3.05, 3.63) is 64.7 Å². The van der Waals surface area contributed by atoms with E-state index in [0.29, 0.717) is 11.4 Å². The van der Waals surface area contributed by atoms with Gasteiger partial charge in [-0.3, -0.25) is 9.69 Å². The molecule has 4 nitrogen and oxygen atoms in total. The van der Waals surface area contributed by atoms with Crippen LogP contribution in [-0.4, -0.2) is 35.7 Å². The van der Waals surface area contributed by atoms with Crippen molar-refractivity contribution < 1.29 is 14.6 Å². The van der Waals surface area contributed by atoms with Crippen LogP contribution in [0.5, 0.6) is 5.75 Å². The van der Waals surface area contributed by atoms with Crippen molar-refractivity contribution in [3.63, 3.8) is 0 Å². The average Bonchev–Trinajstić information content (AvgIpc) is 3.05. The largest absolute Gasteiger partial charge is 0.497 e. The predicted molar refractivity (Wildman–Crippen MR) is 93.7 cm³/mol. The number of ether oxygens (including phenoxy) is 1. The second-order valence-electron chi connectivity index (χ2n) is 5.96. The molecule has 24 heavy (non-hydrogen) atoms. The van der Waals surface area contributed by atoms with Crippen molar-refractivity contribution in [2.75, 3.05) is 13.7 Å². The van der Waals surface area contributed by atoms with Crippen LogP contribution >= 0.6 is 11.6 Å². The second-order valence-corrected chi connectivity index (χ2v) is 6.40. The number of aliphatic carboxylic acids is 1. The lowest BCUT2D eigenvalue weighted by Crippen LogP contribution is -2.39. The quantitative estimate of drug-likeness (QED) is 0.890. The number of benzene rings is 2. The van der Waals surface area contributed by atoms with Gasteiger partial charge < -0.3 is 9.84 Å². The maximum atomic E-state index is 11.7. The molecule has 1 aliphatic rings. The van der Waals surface area contributed by atoms with Gasteiger partial charge in [-0.05, 0) is 48.2 Å². The Balaban J connectivity index is 2.04. The van der Waals surface area contributed by atoms with E-state index in [2.05, 4.69) is 4.90 Å². The van der Waals surface area contributed by atoms with E-state index in [1.54, 1.807) is 7.11 Å². The zero-order chi connectivity index (χ0) is 17.1. The molecule has 2 unspecified atom stereocenters. The topological polar surface area (TPSA) is 49.8 Å². The lowest BCUT2D eigenvalue weighted by Gasteiger charge is -2.32. The molecule has 2 aromatic rings. The molecule has 1 N–H and O–H groups in total. The van der Waals surface area contributed by atoms with Crippen LogP contribution in [-0.2, 0) is 4.79 Å². The summed E-state index contributed by atoms with van der Waals surface area (Å²) in [7, 11) is 1.63. The van der Waals surface area contributed by atoms with E-state index in [1.165, 1.54) is 0 Å². The molecule has 0 saturated carbocycles. The third-order valence-electron chi connectivity index (χ3n) is 4.51. The lowest BCUT2D eigenvalue weighted by molar-refractivity contribution is -0.142. The van der Waals surface area contributed by atoms with E-state index < -0.39 is 12.0 Å². The molecule has 1 saturated heterocycles. The number of carboxylic acid groups (broad SMARTS) is 1. The highest BCUT2D eigenvalue weighted by Gasteiger charge is 2.36. The van der Waals surface area contributed by atoms with Crippen LogP contribution in [0.3, 0.4) is 0 Å². The maximum Gasteiger partial charge on any atom is 0.320 e. The summed E-state index contributed by atoms with van der Waals surface area (Å²) in [6.45, 7) is 0.750. The first-order valence-electron chi connectivity index (χ1n) is 7.98. The maximum absolute atomic E-state index is 11.7. The average molecular weight is 346 g/mol. The summed E-state index contributed by atoms with van der Waals surface area (Å²) in [6.07, 6.45) is 1.55. The van der Waals surface area contributed by atoms with Crippen molar-refractivity contribution in [2.24, 2.45) is 0 Å². The first-order chi connectivity index (χ1) is 11.6. The molecular weight excluding hydrogens is 326 g/mol. The highest BCUT2D eigenvalue weighted by atomic mass is 35.5. The summed E-state index contributed by atoms with van der Waals surface area (Å²) >= 11 is 6.17. The van der Waals surface area contributed by atoms with Gasteiger partial charge in [-0.2, -0.15) is 0 Å². The van der Waals surface area contributed by atoms with Gasteiger partial charge in [0.2, 0.25) is 0 Å². The fourth-order valence-corrected chi connectivity index (χ4v) is 3.60. The van der Waals surface area contributed by atoms with Gasteiger partial charge in [-0.15, -0.1) is 0 Å². The van der Waals surface area contributed by atoms with E-state index in [1.807, 2.05) is 48.5 Å². The first-order valence-corrected chi connectivity index (χ1v) is 8.36. The number of carbonyl (C=O) groups is 1. The molecule has 2 aromatic carbocycles. The monoisotopic (exact) mass is 345 g/mol. The fourth-order valence-electron chi connectivity index (χ4n) is 3.40. The summed E-state index contributed by atoms with van der Waals surface area (Å²) < 4.78 is 5.23. The van der Waals surface area contributed by atoms with Crippen molar-refractivity contribution >= 4 is 17.6 Å². The SMILES string of the molecule is COc1ccc(C(c2cccc(Cl)c2)N2CCCC2C(=O)O)cc1. The standard InChI is InChI=1S/C19H20ClNO3/c1-24-16-9-7-13(8-10-16)18(14-4-2-5-15(20)12-14)21-11-3-6-17(21)19(22)23/h2,4-5,7-10,12,17-18H,3,6,11H2,1H3,(H,22,23). The highest BCUT2D eigenvalue weighted by molar-refractivity contribution is 6.30. The minimum Gasteiger partial charge on any atom is -0.497 e. The van der Waals surface area contributed by atoms with E-state index in [0.717, 1.165) is 29.8 Å². The smallest absolute Gasteiger partial charge is 0.320 e. The Kier molecular flexibility index (Phi) is 5.07. The number of likely N-dealkylation sites (tertiary alicyclic amines) is 1. The number of rotatable bonds is 5. The molecule has 5 heteroatoms. The lowest BCUT2D eigenvalue weighted by atomic mass is 9.96. The Morgan fingerprint density at radius 3 is 2.62 bits per heavy atom. The predicted octanol–water partition coefficient (Wildman–Crippen LogP) is 3.99. The number of halogens is 1. The number of carboxylic acids is 1. The Hall–Kier alpha value is -2.04. The molecule has 126 valence electrons. The van der Waals surface area contributed by atoms with E-state index in [4.69, 9.17) is 16.3 Å². The normalized spacial score (nSPS) is 19.2. The van der Waals surface area contributed by atoms with E-state index in [9.17, 15) is 9.90 Å². The Morgan fingerprint density at radius 2 is 2.00 bits per heavy atom. The zero-order valence-electron chi connectivity index (χ0n) is 13.5. The molecule has 0 amide bonds. The minimum atomic E-state index is -0.770. The molecule has 0 spiro atoms. The summed E-state index contributed by atoms with van der Waals surface area (Å²) in [4.78, 5) is 13.7. The summed E-state index contributed by atoms with van der Waals surface area (Å²) in [5, 5.41) is 10.2. The van der Waals surface area contributed by atoms with Crippen molar-refractivity contribution in [3.8, 4) is 5.75 Å². The molecule has 1 aliphatic heterocycles. The Morgan fingerprint density at radius 1 is 1.25 bits per heavy atom. The number of hydrogen-bond donors (Lipinski definition) is 1. The Labute approximate surface area is 146 Å². The molecule has 0 bridgehead atoms. The summed E-state index contributed by atoms with van der Waals surface area (Å²) in [5.74, 6) is 0.00726. The van der Waals surface area contributed by atoms with Crippen molar-refractivity contribution in [2.45, 2.75) is 24.9 Å². The van der Waals surface area contributed by atoms with Gasteiger partial charge in [0, 0.05) is 11.6 Å². The molecule has 0 radical (unpaired) electrons. The molecule has 3 rings (SSSR count). The molecule has 0 aromatic heterocycles. The van der Waals surface area contributed by atoms with Crippen LogP contribution in [0.15, 0.2) is 48.5 Å². The highest BCUT2D eigenvalue weighted by Crippen LogP contribution is 2.36. The Bertz CT molecular complexity index is 717. The molecule has 1 heterocycles. The van der Waals surface area contributed by atoms with Crippen LogP contribution in [0.25, 0.3) is 0 Å². The van der Waals surface area contributed by atoms with Crippen LogP contribution in [0.2, 0.25) is 5.02 Å². The number of methoxy groups -OCH3 is 1. The summed E-state index contributed by atoms with van der Waals surface area (Å²) in [6, 6.07) is 14.8. The molecule has 0 aliphatic carbocycles. The van der Waals surface area contributed by atoms with Gasteiger partial charge in [-0.1, -0.05) is 35.9 Å². The van der Waals surface area contributed by atoms with Gasteiger partial charge in [0.1, 0.15) is 11.8 Å². The first kappa shape index (κ1) is 16.8. The zero-order valence-corrected chi connectivity index (χ0v) is 14.2. The van der Waals surface area contributed by atoms with E-state index >= 15 is 0 Å². The fraction of sp³-hybridized carbons (Fsp3) is 0.316. The van der Waals surface area contributed by atoms with Crippen molar-refractivity contribution in [1.29, 1.82) is 0 Å². The van der Waals surface area contributed by atoms with Crippen LogP contribution < -0.4 is 4.74 Å². The van der Waals surface area contributed by atoms with Gasteiger partial charge in [0.05, 0.1) is 13.2 Å². The number of hydrogen-bond acceptors (Lipinski definition) is 3. The van der Waals surface area contributed by atoms with Crippen LogP contribution in [0.4, 0.5) is 0 Å². The third kappa shape index (κ3) is 3.40. The molecular formula is C19H20ClNO3. The third-order valence-corrected chi connectivity index (χ3v) is 4.74.